The molecule has 0 aromatic heterocycles. The summed E-state index contributed by atoms with van der Waals surface area (Å²) in [6, 6.07) is 5.73. The number of carbonyl (C=O) groups excluding carboxylic acids is 1. The van der Waals surface area contributed by atoms with Crippen molar-refractivity contribution in [1.29, 1.82) is 0 Å². The van der Waals surface area contributed by atoms with Crippen molar-refractivity contribution in [3.8, 4) is 5.75 Å². The van der Waals surface area contributed by atoms with Crippen LogP contribution in [0.2, 0.25) is 0 Å². The van der Waals surface area contributed by atoms with Crippen molar-refractivity contribution in [3.05, 3.63) is 29.3 Å². The molecule has 2 nitrogen and oxygen atoms in total. The molecule has 0 heterocycles. The van der Waals surface area contributed by atoms with Crippen LogP contribution in [0.15, 0.2) is 18.2 Å². The van der Waals surface area contributed by atoms with Gasteiger partial charge in [-0.05, 0) is 49.8 Å². The molecule has 0 aliphatic carbocycles. The van der Waals surface area contributed by atoms with Crippen molar-refractivity contribution in [1.82, 2.24) is 0 Å². The summed E-state index contributed by atoms with van der Waals surface area (Å²) in [6.07, 6.45) is 2.13. The highest BCUT2D eigenvalue weighted by atomic mass is 16.5. The lowest BCUT2D eigenvalue weighted by Gasteiger charge is -2.18. The van der Waals surface area contributed by atoms with E-state index in [1.807, 2.05) is 25.1 Å². The van der Waals surface area contributed by atoms with Crippen LogP contribution in [0.4, 0.5) is 0 Å². The smallest absolute Gasteiger partial charge is 0.163 e. The SMILES string of the molecule is CC(=O)c1ccc(C)cc1OCCCC(C)(C)C. The molecule has 0 saturated heterocycles. The van der Waals surface area contributed by atoms with E-state index in [0.29, 0.717) is 17.6 Å². The second-order valence-electron chi connectivity index (χ2n) is 6.07. The van der Waals surface area contributed by atoms with Gasteiger partial charge in [0.05, 0.1) is 12.2 Å². The van der Waals surface area contributed by atoms with Crippen molar-refractivity contribution in [2.45, 2.75) is 47.5 Å². The van der Waals surface area contributed by atoms with Gasteiger partial charge in [0.15, 0.2) is 5.78 Å². The van der Waals surface area contributed by atoms with E-state index < -0.39 is 0 Å². The van der Waals surface area contributed by atoms with Gasteiger partial charge in [0, 0.05) is 0 Å². The van der Waals surface area contributed by atoms with Crippen LogP contribution in [0, 0.1) is 12.3 Å². The van der Waals surface area contributed by atoms with Crippen molar-refractivity contribution in [3.63, 3.8) is 0 Å². The molecule has 0 bridgehead atoms. The molecule has 0 fully saturated rings. The van der Waals surface area contributed by atoms with E-state index in [2.05, 4.69) is 20.8 Å². The fourth-order valence-electron chi connectivity index (χ4n) is 1.82. The summed E-state index contributed by atoms with van der Waals surface area (Å²) in [5, 5.41) is 0. The second kappa shape index (κ2) is 6.03. The molecular formula is C16H24O2. The summed E-state index contributed by atoms with van der Waals surface area (Å²) in [6.45, 7) is 10.9. The van der Waals surface area contributed by atoms with Gasteiger partial charge in [-0.2, -0.15) is 0 Å². The summed E-state index contributed by atoms with van der Waals surface area (Å²) in [5.41, 5.74) is 2.13. The lowest BCUT2D eigenvalue weighted by Crippen LogP contribution is -2.09. The van der Waals surface area contributed by atoms with Gasteiger partial charge in [0.25, 0.3) is 0 Å². The number of Topliss-reactive ketones (excluding diaryl/α,β-unsaturated/α-hetero) is 1. The zero-order chi connectivity index (χ0) is 13.8. The Bertz CT molecular complexity index is 414. The Kier molecular flexibility index (Phi) is 4.94. The quantitative estimate of drug-likeness (QED) is 0.570. The zero-order valence-corrected chi connectivity index (χ0v) is 12.2. The van der Waals surface area contributed by atoms with Gasteiger partial charge in [0.2, 0.25) is 0 Å². The van der Waals surface area contributed by atoms with Crippen LogP contribution in [0.1, 0.15) is 56.5 Å². The molecule has 0 saturated carbocycles. The third-order valence-electron chi connectivity index (χ3n) is 2.85. The average molecular weight is 248 g/mol. The highest BCUT2D eigenvalue weighted by molar-refractivity contribution is 5.96. The topological polar surface area (TPSA) is 26.3 Å². The van der Waals surface area contributed by atoms with E-state index in [-0.39, 0.29) is 5.78 Å². The Balaban J connectivity index is 2.61. The second-order valence-corrected chi connectivity index (χ2v) is 6.07. The van der Waals surface area contributed by atoms with Gasteiger partial charge < -0.3 is 4.74 Å². The third-order valence-corrected chi connectivity index (χ3v) is 2.85. The number of carbonyl (C=O) groups is 1. The van der Waals surface area contributed by atoms with E-state index in [0.717, 1.165) is 24.2 Å². The minimum absolute atomic E-state index is 0.0563. The maximum Gasteiger partial charge on any atom is 0.163 e. The molecule has 0 atom stereocenters. The van der Waals surface area contributed by atoms with Crippen LogP contribution < -0.4 is 4.74 Å². The first-order valence-corrected chi connectivity index (χ1v) is 6.54. The minimum Gasteiger partial charge on any atom is -0.493 e. The number of benzene rings is 1. The number of aryl methyl sites for hydroxylation is 1. The van der Waals surface area contributed by atoms with Gasteiger partial charge in [-0.25, -0.2) is 0 Å². The number of hydrogen-bond donors (Lipinski definition) is 0. The molecular weight excluding hydrogens is 224 g/mol. The maximum atomic E-state index is 11.5. The largest absolute Gasteiger partial charge is 0.493 e. The predicted molar refractivity (Wildman–Crippen MR) is 75.4 cm³/mol. The molecule has 1 aromatic carbocycles. The Hall–Kier alpha value is -1.31. The van der Waals surface area contributed by atoms with Crippen molar-refractivity contribution in [2.24, 2.45) is 5.41 Å². The molecule has 2 heteroatoms. The van der Waals surface area contributed by atoms with Gasteiger partial charge >= 0.3 is 0 Å². The van der Waals surface area contributed by atoms with Crippen LogP contribution in [0.3, 0.4) is 0 Å². The molecule has 0 radical (unpaired) electrons. The lowest BCUT2D eigenvalue weighted by molar-refractivity contribution is 0.101. The van der Waals surface area contributed by atoms with Gasteiger partial charge in [-0.3, -0.25) is 4.79 Å². The number of ether oxygens (including phenoxy) is 1. The molecule has 0 N–H and O–H groups in total. The van der Waals surface area contributed by atoms with Crippen LogP contribution in [0.5, 0.6) is 5.75 Å². The third kappa shape index (κ3) is 4.91. The predicted octanol–water partition coefficient (Wildman–Crippen LogP) is 4.40. The standard InChI is InChI=1S/C16H24O2/c1-12-7-8-14(13(2)17)15(11-12)18-10-6-9-16(3,4)5/h7-8,11H,6,9-10H2,1-5H3. The van der Waals surface area contributed by atoms with Crippen molar-refractivity contribution >= 4 is 5.78 Å². The Morgan fingerprint density at radius 3 is 2.50 bits per heavy atom. The normalized spacial score (nSPS) is 11.4. The molecule has 18 heavy (non-hydrogen) atoms. The van der Waals surface area contributed by atoms with Crippen LogP contribution in [-0.2, 0) is 0 Å². The first kappa shape index (κ1) is 14.7. The molecule has 0 aliphatic rings. The van der Waals surface area contributed by atoms with Gasteiger partial charge in [-0.15, -0.1) is 0 Å². The van der Waals surface area contributed by atoms with E-state index in [9.17, 15) is 4.79 Å². The minimum atomic E-state index is 0.0563. The summed E-state index contributed by atoms with van der Waals surface area (Å²) in [7, 11) is 0. The van der Waals surface area contributed by atoms with E-state index >= 15 is 0 Å². The zero-order valence-electron chi connectivity index (χ0n) is 12.2. The van der Waals surface area contributed by atoms with Crippen LogP contribution >= 0.6 is 0 Å². The Labute approximate surface area is 110 Å². The number of hydrogen-bond acceptors (Lipinski definition) is 2. The van der Waals surface area contributed by atoms with E-state index in [1.54, 1.807) is 6.92 Å². The molecule has 100 valence electrons. The molecule has 0 unspecified atom stereocenters. The van der Waals surface area contributed by atoms with E-state index in [4.69, 9.17) is 4.74 Å². The van der Waals surface area contributed by atoms with Crippen LogP contribution in [0.25, 0.3) is 0 Å². The fourth-order valence-corrected chi connectivity index (χ4v) is 1.82. The molecule has 1 rings (SSSR count). The monoisotopic (exact) mass is 248 g/mol. The highest BCUT2D eigenvalue weighted by Gasteiger charge is 2.11. The van der Waals surface area contributed by atoms with Gasteiger partial charge in [0.1, 0.15) is 5.75 Å². The summed E-state index contributed by atoms with van der Waals surface area (Å²) in [4.78, 5) is 11.5. The molecule has 1 aromatic rings. The Morgan fingerprint density at radius 1 is 1.28 bits per heavy atom. The van der Waals surface area contributed by atoms with Crippen molar-refractivity contribution in [2.75, 3.05) is 6.61 Å². The lowest BCUT2D eigenvalue weighted by atomic mass is 9.91. The summed E-state index contributed by atoms with van der Waals surface area (Å²) < 4.78 is 5.75. The Morgan fingerprint density at radius 2 is 1.94 bits per heavy atom. The fraction of sp³-hybridized carbons (Fsp3) is 0.562. The summed E-state index contributed by atoms with van der Waals surface area (Å²) >= 11 is 0. The molecule has 0 amide bonds. The first-order valence-electron chi connectivity index (χ1n) is 6.54. The molecule has 0 spiro atoms. The molecule has 0 aliphatic heterocycles. The van der Waals surface area contributed by atoms with Gasteiger partial charge in [-0.1, -0.05) is 26.8 Å². The number of rotatable bonds is 5. The summed E-state index contributed by atoms with van der Waals surface area (Å²) in [5.74, 6) is 0.775. The number of ketones is 1. The maximum absolute atomic E-state index is 11.5. The average Bonchev–Trinajstić information content (AvgIpc) is 2.22. The highest BCUT2D eigenvalue weighted by Crippen LogP contribution is 2.23. The first-order chi connectivity index (χ1) is 8.29. The van der Waals surface area contributed by atoms with Crippen LogP contribution in [-0.4, -0.2) is 12.4 Å². The van der Waals surface area contributed by atoms with Crippen molar-refractivity contribution < 1.29 is 9.53 Å². The van der Waals surface area contributed by atoms with E-state index in [1.165, 1.54) is 0 Å².